The van der Waals surface area contributed by atoms with E-state index in [1.165, 1.54) is 24.3 Å². The highest BCUT2D eigenvalue weighted by molar-refractivity contribution is 7.90. The first-order chi connectivity index (χ1) is 12.8. The van der Waals surface area contributed by atoms with Crippen LogP contribution in [0.3, 0.4) is 0 Å². The normalized spacial score (nSPS) is 12.1. The fourth-order valence-corrected chi connectivity index (χ4v) is 4.18. The van der Waals surface area contributed by atoms with E-state index in [2.05, 4.69) is 14.8 Å². The van der Waals surface area contributed by atoms with Crippen molar-refractivity contribution < 1.29 is 26.3 Å². The van der Waals surface area contributed by atoms with E-state index in [1.807, 2.05) is 0 Å². The van der Waals surface area contributed by atoms with Gasteiger partial charge in [-0.3, -0.25) is 0 Å². The van der Waals surface area contributed by atoms with Gasteiger partial charge in [0.05, 0.1) is 22.1 Å². The molecule has 0 aliphatic rings. The fourth-order valence-electron chi connectivity index (χ4n) is 2.13. The van der Waals surface area contributed by atoms with E-state index >= 15 is 0 Å². The van der Waals surface area contributed by atoms with Crippen LogP contribution in [-0.4, -0.2) is 48.2 Å². The quantitative estimate of drug-likeness (QED) is 0.417. The van der Waals surface area contributed by atoms with Crippen LogP contribution in [0.1, 0.15) is 0 Å². The highest BCUT2D eigenvalue weighted by atomic mass is 32.2. The molecule has 148 valence electrons. The first-order valence-electron chi connectivity index (χ1n) is 7.95. The van der Waals surface area contributed by atoms with E-state index in [9.17, 15) is 21.2 Å². The third kappa shape index (κ3) is 5.97. The molecule has 0 fully saturated rings. The van der Waals surface area contributed by atoms with E-state index in [0.717, 1.165) is 12.1 Å². The molecule has 0 aliphatic heterocycles. The Balaban J connectivity index is 1.95. The molecule has 11 heteroatoms. The van der Waals surface area contributed by atoms with E-state index in [4.69, 9.17) is 5.11 Å². The lowest BCUT2D eigenvalue weighted by molar-refractivity contribution is 0.301. The summed E-state index contributed by atoms with van der Waals surface area (Å²) in [6, 6.07) is 10.7. The minimum Gasteiger partial charge on any atom is -0.395 e. The molecule has 0 bridgehead atoms. The van der Waals surface area contributed by atoms with Crippen LogP contribution in [0.2, 0.25) is 0 Å². The SMILES string of the molecule is O=S(=O)(NCCO)c1ccc(S(=O)(=O)NCCNc2ccccc2F)cc1. The number of aliphatic hydroxyl groups excluding tert-OH is 1. The molecule has 8 nitrogen and oxygen atoms in total. The summed E-state index contributed by atoms with van der Waals surface area (Å²) in [4.78, 5) is -0.217. The summed E-state index contributed by atoms with van der Waals surface area (Å²) in [6.07, 6.45) is 0. The van der Waals surface area contributed by atoms with Crippen LogP contribution in [0.15, 0.2) is 58.3 Å². The van der Waals surface area contributed by atoms with Crippen LogP contribution in [-0.2, 0) is 20.0 Å². The van der Waals surface area contributed by atoms with Gasteiger partial charge in [-0.25, -0.2) is 30.7 Å². The average molecular weight is 417 g/mol. The number of aliphatic hydroxyl groups is 1. The lowest BCUT2D eigenvalue weighted by Crippen LogP contribution is -2.29. The molecule has 0 saturated carbocycles. The van der Waals surface area contributed by atoms with E-state index in [0.29, 0.717) is 0 Å². The van der Waals surface area contributed by atoms with Crippen LogP contribution in [0.4, 0.5) is 10.1 Å². The second-order valence-corrected chi connectivity index (χ2v) is 8.93. The Hall–Kier alpha value is -2.05. The van der Waals surface area contributed by atoms with E-state index in [1.54, 1.807) is 12.1 Å². The molecule has 0 aliphatic carbocycles. The molecule has 2 aromatic rings. The van der Waals surface area contributed by atoms with Gasteiger partial charge in [0, 0.05) is 19.6 Å². The molecule has 0 amide bonds. The molecule has 0 saturated heterocycles. The van der Waals surface area contributed by atoms with Crippen LogP contribution in [0, 0.1) is 5.82 Å². The summed E-state index contributed by atoms with van der Waals surface area (Å²) in [5.41, 5.74) is 0.265. The smallest absolute Gasteiger partial charge is 0.240 e. The van der Waals surface area contributed by atoms with Crippen molar-refractivity contribution in [3.8, 4) is 0 Å². The van der Waals surface area contributed by atoms with Crippen molar-refractivity contribution in [3.63, 3.8) is 0 Å². The third-order valence-corrected chi connectivity index (χ3v) is 6.41. The molecule has 0 atom stereocenters. The van der Waals surface area contributed by atoms with Gasteiger partial charge >= 0.3 is 0 Å². The summed E-state index contributed by atoms with van der Waals surface area (Å²) in [7, 11) is -7.65. The summed E-state index contributed by atoms with van der Waals surface area (Å²) < 4.78 is 66.2. The van der Waals surface area contributed by atoms with Gasteiger partial charge in [-0.1, -0.05) is 12.1 Å². The second kappa shape index (κ2) is 9.24. The highest BCUT2D eigenvalue weighted by Crippen LogP contribution is 2.14. The Morgan fingerprint density at radius 1 is 0.778 bits per heavy atom. The van der Waals surface area contributed by atoms with Gasteiger partial charge in [0.2, 0.25) is 20.0 Å². The predicted molar refractivity (Wildman–Crippen MR) is 98.8 cm³/mol. The summed E-state index contributed by atoms with van der Waals surface area (Å²) in [5, 5.41) is 11.5. The molecular formula is C16H20FN3O5S2. The number of hydrogen-bond acceptors (Lipinski definition) is 6. The van der Waals surface area contributed by atoms with Crippen molar-refractivity contribution in [2.75, 3.05) is 31.6 Å². The van der Waals surface area contributed by atoms with Crippen LogP contribution in [0.25, 0.3) is 0 Å². The van der Waals surface area contributed by atoms with Crippen molar-refractivity contribution in [1.29, 1.82) is 0 Å². The zero-order valence-electron chi connectivity index (χ0n) is 14.2. The first-order valence-corrected chi connectivity index (χ1v) is 10.9. The van der Waals surface area contributed by atoms with Crippen LogP contribution < -0.4 is 14.8 Å². The maximum Gasteiger partial charge on any atom is 0.240 e. The number of hydrogen-bond donors (Lipinski definition) is 4. The van der Waals surface area contributed by atoms with Gasteiger partial charge in [0.1, 0.15) is 5.82 Å². The Labute approximate surface area is 157 Å². The summed E-state index contributed by atoms with van der Waals surface area (Å²) in [5.74, 6) is -0.438. The Bertz CT molecular complexity index is 964. The second-order valence-electron chi connectivity index (χ2n) is 5.40. The van der Waals surface area contributed by atoms with E-state index in [-0.39, 0.29) is 41.7 Å². The van der Waals surface area contributed by atoms with Gasteiger partial charge < -0.3 is 10.4 Å². The number of nitrogens with one attached hydrogen (secondary N) is 3. The number of anilines is 1. The number of rotatable bonds is 10. The predicted octanol–water partition coefficient (Wildman–Crippen LogP) is 0.487. The monoisotopic (exact) mass is 417 g/mol. The number of para-hydroxylation sites is 1. The first kappa shape index (κ1) is 21.3. The lowest BCUT2D eigenvalue weighted by atomic mass is 10.3. The minimum atomic E-state index is -3.84. The minimum absolute atomic E-state index is 0.00870. The van der Waals surface area contributed by atoms with Crippen molar-refractivity contribution in [3.05, 3.63) is 54.3 Å². The maximum absolute atomic E-state index is 13.5. The molecular weight excluding hydrogens is 397 g/mol. The van der Waals surface area contributed by atoms with Gasteiger partial charge in [-0.05, 0) is 36.4 Å². The lowest BCUT2D eigenvalue weighted by Gasteiger charge is -2.10. The van der Waals surface area contributed by atoms with E-state index < -0.39 is 25.9 Å². The zero-order chi connectivity index (χ0) is 19.9. The largest absolute Gasteiger partial charge is 0.395 e. The number of benzene rings is 2. The molecule has 0 unspecified atom stereocenters. The Kier molecular flexibility index (Phi) is 7.27. The molecule has 2 aromatic carbocycles. The van der Waals surface area contributed by atoms with Gasteiger partial charge in [-0.2, -0.15) is 0 Å². The topological polar surface area (TPSA) is 125 Å². The average Bonchev–Trinajstić information content (AvgIpc) is 2.65. The third-order valence-electron chi connectivity index (χ3n) is 3.45. The molecule has 0 spiro atoms. The van der Waals surface area contributed by atoms with Crippen LogP contribution in [0.5, 0.6) is 0 Å². The number of halogens is 1. The zero-order valence-corrected chi connectivity index (χ0v) is 15.9. The molecule has 0 aromatic heterocycles. The molecule has 0 radical (unpaired) electrons. The van der Waals surface area contributed by atoms with Crippen molar-refractivity contribution in [2.24, 2.45) is 0 Å². The molecule has 27 heavy (non-hydrogen) atoms. The van der Waals surface area contributed by atoms with Gasteiger partial charge in [-0.15, -0.1) is 0 Å². The summed E-state index contributed by atoms with van der Waals surface area (Å²) in [6.45, 7) is -0.318. The highest BCUT2D eigenvalue weighted by Gasteiger charge is 2.17. The molecule has 2 rings (SSSR count). The fraction of sp³-hybridized carbons (Fsp3) is 0.250. The molecule has 0 heterocycles. The van der Waals surface area contributed by atoms with Gasteiger partial charge in [0.15, 0.2) is 0 Å². The molecule has 4 N–H and O–H groups in total. The Morgan fingerprint density at radius 3 is 1.81 bits per heavy atom. The maximum atomic E-state index is 13.5. The Morgan fingerprint density at radius 2 is 1.30 bits per heavy atom. The van der Waals surface area contributed by atoms with Crippen molar-refractivity contribution in [1.82, 2.24) is 9.44 Å². The van der Waals surface area contributed by atoms with Gasteiger partial charge in [0.25, 0.3) is 0 Å². The van der Waals surface area contributed by atoms with Crippen molar-refractivity contribution >= 4 is 25.7 Å². The standard InChI is InChI=1S/C16H20FN3O5S2/c17-15-3-1-2-4-16(15)18-9-10-19-26(22,23)13-5-7-14(8-6-13)27(24,25)20-11-12-21/h1-8,18-21H,9-12H2. The summed E-state index contributed by atoms with van der Waals surface area (Å²) >= 11 is 0. The number of sulfonamides is 2. The van der Waals surface area contributed by atoms with Crippen molar-refractivity contribution in [2.45, 2.75) is 9.79 Å². The van der Waals surface area contributed by atoms with Crippen LogP contribution >= 0.6 is 0 Å².